The van der Waals surface area contributed by atoms with Crippen LogP contribution in [0, 0.1) is 22.8 Å². The molecule has 1 N–H and O–H groups in total. The molecule has 4 nitrogen and oxygen atoms in total. The molecule has 0 spiro atoms. The molecule has 0 atom stereocenters. The van der Waals surface area contributed by atoms with E-state index in [1.807, 2.05) is 6.07 Å². The SMILES string of the molecule is CSC(=Nc1cc(Cl)ccc1C#N)NC#N. The minimum absolute atomic E-state index is 0.413. The van der Waals surface area contributed by atoms with Gasteiger partial charge in [0.2, 0.25) is 0 Å². The quantitative estimate of drug-likeness (QED) is 0.360. The van der Waals surface area contributed by atoms with Crippen LogP contribution in [0.1, 0.15) is 5.56 Å². The molecule has 0 bridgehead atoms. The maximum absolute atomic E-state index is 8.87. The Morgan fingerprint density at radius 2 is 2.25 bits per heavy atom. The average Bonchev–Trinajstić information content (AvgIpc) is 2.29. The smallest absolute Gasteiger partial charge is 0.183 e. The second-order valence-electron chi connectivity index (χ2n) is 2.63. The Labute approximate surface area is 103 Å². The number of nitrogens with zero attached hydrogens (tertiary/aromatic N) is 3. The molecule has 0 saturated carbocycles. The molecule has 16 heavy (non-hydrogen) atoms. The van der Waals surface area contributed by atoms with E-state index in [9.17, 15) is 0 Å². The van der Waals surface area contributed by atoms with Crippen LogP contribution in [0.5, 0.6) is 0 Å². The predicted octanol–water partition coefficient (Wildman–Crippen LogP) is 2.63. The Kier molecular flexibility index (Phi) is 4.65. The molecule has 1 aromatic rings. The molecule has 0 aromatic heterocycles. The van der Waals surface area contributed by atoms with Crippen molar-refractivity contribution in [2.75, 3.05) is 6.26 Å². The van der Waals surface area contributed by atoms with E-state index in [2.05, 4.69) is 10.3 Å². The third kappa shape index (κ3) is 3.16. The monoisotopic (exact) mass is 250 g/mol. The molecule has 1 aromatic carbocycles. The van der Waals surface area contributed by atoms with Crippen LogP contribution in [0.15, 0.2) is 23.2 Å². The van der Waals surface area contributed by atoms with Gasteiger partial charge in [-0.25, -0.2) is 4.99 Å². The first-order valence-electron chi connectivity index (χ1n) is 4.18. The number of rotatable bonds is 1. The van der Waals surface area contributed by atoms with Gasteiger partial charge in [-0.15, -0.1) is 0 Å². The molecule has 0 amide bonds. The van der Waals surface area contributed by atoms with Crippen LogP contribution in [-0.4, -0.2) is 11.4 Å². The molecule has 0 fully saturated rings. The van der Waals surface area contributed by atoms with Crippen molar-refractivity contribution in [3.63, 3.8) is 0 Å². The fraction of sp³-hybridized carbons (Fsp3) is 0.100. The molecule has 6 heteroatoms. The lowest BCUT2D eigenvalue weighted by Crippen LogP contribution is -2.12. The van der Waals surface area contributed by atoms with E-state index < -0.39 is 0 Å². The van der Waals surface area contributed by atoms with Crippen molar-refractivity contribution >= 4 is 34.2 Å². The lowest BCUT2D eigenvalue weighted by Gasteiger charge is -2.01. The molecule has 0 aliphatic carbocycles. The van der Waals surface area contributed by atoms with Crippen molar-refractivity contribution in [2.24, 2.45) is 4.99 Å². The van der Waals surface area contributed by atoms with Gasteiger partial charge in [-0.3, -0.25) is 5.32 Å². The zero-order chi connectivity index (χ0) is 12.0. The van der Waals surface area contributed by atoms with Gasteiger partial charge in [-0.1, -0.05) is 23.4 Å². The zero-order valence-electron chi connectivity index (χ0n) is 8.36. The number of halogens is 1. The van der Waals surface area contributed by atoms with Gasteiger partial charge in [-0.2, -0.15) is 10.5 Å². The Bertz CT molecular complexity index is 499. The second kappa shape index (κ2) is 6.02. The zero-order valence-corrected chi connectivity index (χ0v) is 9.93. The molecular formula is C10H7ClN4S. The fourth-order valence-corrected chi connectivity index (χ4v) is 1.48. The van der Waals surface area contributed by atoms with Crippen LogP contribution in [-0.2, 0) is 0 Å². The van der Waals surface area contributed by atoms with Crippen LogP contribution in [0.25, 0.3) is 0 Å². The lowest BCUT2D eigenvalue weighted by molar-refractivity contribution is 1.28. The highest BCUT2D eigenvalue weighted by Crippen LogP contribution is 2.24. The van der Waals surface area contributed by atoms with Gasteiger partial charge in [0.15, 0.2) is 11.4 Å². The van der Waals surface area contributed by atoms with E-state index in [-0.39, 0.29) is 0 Å². The molecule has 0 aliphatic heterocycles. The van der Waals surface area contributed by atoms with Gasteiger partial charge in [0.05, 0.1) is 11.3 Å². The Morgan fingerprint density at radius 3 is 2.81 bits per heavy atom. The largest absolute Gasteiger partial charge is 0.271 e. The minimum Gasteiger partial charge on any atom is -0.271 e. The van der Waals surface area contributed by atoms with Gasteiger partial charge in [0, 0.05) is 5.02 Å². The van der Waals surface area contributed by atoms with Crippen LogP contribution >= 0.6 is 23.4 Å². The summed E-state index contributed by atoms with van der Waals surface area (Å²) in [5.41, 5.74) is 0.859. The highest BCUT2D eigenvalue weighted by molar-refractivity contribution is 8.13. The number of nitriles is 2. The van der Waals surface area contributed by atoms with Crippen LogP contribution in [0.4, 0.5) is 5.69 Å². The first-order chi connectivity index (χ1) is 7.71. The summed E-state index contributed by atoms with van der Waals surface area (Å²) in [7, 11) is 0. The maximum Gasteiger partial charge on any atom is 0.183 e. The summed E-state index contributed by atoms with van der Waals surface area (Å²) in [5, 5.41) is 20.7. The normalized spacial score (nSPS) is 10.4. The second-order valence-corrected chi connectivity index (χ2v) is 3.86. The van der Waals surface area contributed by atoms with E-state index in [0.29, 0.717) is 21.4 Å². The number of hydrogen-bond acceptors (Lipinski definition) is 4. The van der Waals surface area contributed by atoms with Gasteiger partial charge in [0.1, 0.15) is 6.07 Å². The number of amidine groups is 1. The van der Waals surface area contributed by atoms with Crippen molar-refractivity contribution < 1.29 is 0 Å². The number of aliphatic imine (C=N–C) groups is 1. The van der Waals surface area contributed by atoms with E-state index in [1.165, 1.54) is 11.8 Å². The molecule has 0 saturated heterocycles. The Morgan fingerprint density at radius 1 is 1.50 bits per heavy atom. The van der Waals surface area contributed by atoms with Crippen molar-refractivity contribution in [1.29, 1.82) is 10.5 Å². The highest BCUT2D eigenvalue weighted by Gasteiger charge is 2.03. The van der Waals surface area contributed by atoms with Crippen molar-refractivity contribution in [3.05, 3.63) is 28.8 Å². The van der Waals surface area contributed by atoms with Crippen LogP contribution < -0.4 is 5.32 Å². The topological polar surface area (TPSA) is 72.0 Å². The van der Waals surface area contributed by atoms with Crippen molar-refractivity contribution in [1.82, 2.24) is 5.32 Å². The molecule has 0 unspecified atom stereocenters. The standard InChI is InChI=1S/C10H7ClN4S/c1-16-10(14-6-13)15-9-4-8(11)3-2-7(9)5-12/h2-4H,1H3,(H,14,15). The number of benzene rings is 1. The molecule has 1 rings (SSSR count). The van der Waals surface area contributed by atoms with Crippen LogP contribution in [0.3, 0.4) is 0 Å². The van der Waals surface area contributed by atoms with Gasteiger partial charge >= 0.3 is 0 Å². The van der Waals surface area contributed by atoms with E-state index in [0.717, 1.165) is 0 Å². The summed E-state index contributed by atoms with van der Waals surface area (Å²) < 4.78 is 0. The highest BCUT2D eigenvalue weighted by atomic mass is 35.5. The van der Waals surface area contributed by atoms with Gasteiger partial charge in [-0.05, 0) is 24.5 Å². The van der Waals surface area contributed by atoms with Crippen molar-refractivity contribution in [2.45, 2.75) is 0 Å². The average molecular weight is 251 g/mol. The lowest BCUT2D eigenvalue weighted by atomic mass is 10.2. The van der Waals surface area contributed by atoms with Crippen LogP contribution in [0.2, 0.25) is 5.02 Å². The fourth-order valence-electron chi connectivity index (χ4n) is 0.974. The van der Waals surface area contributed by atoms with Gasteiger partial charge < -0.3 is 0 Å². The molecule has 80 valence electrons. The first kappa shape index (κ1) is 12.4. The first-order valence-corrected chi connectivity index (χ1v) is 5.79. The van der Waals surface area contributed by atoms with Gasteiger partial charge in [0.25, 0.3) is 0 Å². The summed E-state index contributed by atoms with van der Waals surface area (Å²) in [4.78, 5) is 4.14. The van der Waals surface area contributed by atoms with E-state index in [1.54, 1.807) is 30.6 Å². The third-order valence-electron chi connectivity index (χ3n) is 1.66. The Hall–Kier alpha value is -1.69. The number of thioether (sulfide) groups is 1. The van der Waals surface area contributed by atoms with E-state index >= 15 is 0 Å². The molecule has 0 heterocycles. The predicted molar refractivity (Wildman–Crippen MR) is 65.5 cm³/mol. The summed E-state index contributed by atoms with van der Waals surface area (Å²) in [6.45, 7) is 0. The minimum atomic E-state index is 0.413. The molecule has 0 aliphatic rings. The number of nitrogens with one attached hydrogen (secondary N) is 1. The summed E-state index contributed by atoms with van der Waals surface area (Å²) in [6, 6.07) is 6.80. The van der Waals surface area contributed by atoms with Crippen molar-refractivity contribution in [3.8, 4) is 12.3 Å². The van der Waals surface area contributed by atoms with E-state index in [4.69, 9.17) is 22.1 Å². The number of hydrogen-bond donors (Lipinski definition) is 1. The molecular weight excluding hydrogens is 244 g/mol. The molecule has 0 radical (unpaired) electrons. The summed E-state index contributed by atoms with van der Waals surface area (Å²) >= 11 is 7.08. The maximum atomic E-state index is 8.87. The Balaban J connectivity index is 3.18. The third-order valence-corrected chi connectivity index (χ3v) is 2.47. The summed E-state index contributed by atoms with van der Waals surface area (Å²) in [5.74, 6) is 0. The summed E-state index contributed by atoms with van der Waals surface area (Å²) in [6.07, 6.45) is 3.55.